The van der Waals surface area contributed by atoms with Gasteiger partial charge < -0.3 is 14.0 Å². The summed E-state index contributed by atoms with van der Waals surface area (Å²) in [6, 6.07) is 19.7. The van der Waals surface area contributed by atoms with Crippen LogP contribution < -0.4 is 9.47 Å². The van der Waals surface area contributed by atoms with Gasteiger partial charge in [0.2, 0.25) is 10.0 Å². The van der Waals surface area contributed by atoms with Crippen molar-refractivity contribution in [1.29, 1.82) is 0 Å². The number of hydrogen-bond donors (Lipinski definition) is 0. The third-order valence-electron chi connectivity index (χ3n) is 6.47. The Morgan fingerprint density at radius 1 is 0.914 bits per heavy atom. The maximum absolute atomic E-state index is 13.4. The Morgan fingerprint density at radius 2 is 1.66 bits per heavy atom. The van der Waals surface area contributed by atoms with Crippen molar-refractivity contribution in [3.05, 3.63) is 72.9 Å². The molecule has 0 N–H and O–H groups in total. The molecule has 2 aromatic heterocycles. The van der Waals surface area contributed by atoms with E-state index >= 15 is 0 Å². The van der Waals surface area contributed by atoms with E-state index in [1.54, 1.807) is 6.20 Å². The number of piperidine rings is 1. The van der Waals surface area contributed by atoms with Crippen LogP contribution in [0.5, 0.6) is 11.5 Å². The molecule has 35 heavy (non-hydrogen) atoms. The number of alkyl halides is 2. The summed E-state index contributed by atoms with van der Waals surface area (Å²) in [6.45, 7) is 0.580. The van der Waals surface area contributed by atoms with Gasteiger partial charge in [-0.05, 0) is 48.7 Å². The number of benzene rings is 2. The highest BCUT2D eigenvalue weighted by molar-refractivity contribution is 7.89. The Morgan fingerprint density at radius 3 is 2.43 bits per heavy atom. The van der Waals surface area contributed by atoms with Crippen LogP contribution in [0.3, 0.4) is 0 Å². The molecule has 0 spiro atoms. The topological polar surface area (TPSA) is 73.7 Å². The van der Waals surface area contributed by atoms with Crippen LogP contribution in [0.25, 0.3) is 22.3 Å². The van der Waals surface area contributed by atoms with Crippen LogP contribution in [0.2, 0.25) is 0 Å². The van der Waals surface area contributed by atoms with Crippen LogP contribution in [0.1, 0.15) is 18.9 Å². The van der Waals surface area contributed by atoms with Gasteiger partial charge in [0.15, 0.2) is 11.5 Å². The summed E-state index contributed by atoms with van der Waals surface area (Å²) in [7, 11) is -3.89. The Kier molecular flexibility index (Phi) is 5.05. The predicted molar refractivity (Wildman–Crippen MR) is 125 cm³/mol. The summed E-state index contributed by atoms with van der Waals surface area (Å²) >= 11 is 0. The molecule has 7 nitrogen and oxygen atoms in total. The molecule has 0 bridgehead atoms. The minimum Gasteiger partial charge on any atom is -0.395 e. The van der Waals surface area contributed by atoms with E-state index in [-0.39, 0.29) is 22.4 Å². The lowest BCUT2D eigenvalue weighted by atomic mass is 10.1. The van der Waals surface area contributed by atoms with Gasteiger partial charge in [0, 0.05) is 36.8 Å². The first-order valence-corrected chi connectivity index (χ1v) is 12.7. The van der Waals surface area contributed by atoms with Crippen molar-refractivity contribution in [2.75, 3.05) is 13.1 Å². The molecular formula is C25H21F2N3O4S. The zero-order valence-electron chi connectivity index (χ0n) is 18.5. The van der Waals surface area contributed by atoms with E-state index < -0.39 is 16.3 Å². The molecule has 1 fully saturated rings. The molecule has 180 valence electrons. The summed E-state index contributed by atoms with van der Waals surface area (Å²) in [6.07, 6.45) is -0.868. The van der Waals surface area contributed by atoms with Crippen molar-refractivity contribution in [3.63, 3.8) is 0 Å². The van der Waals surface area contributed by atoms with Gasteiger partial charge in [-0.25, -0.2) is 13.4 Å². The zero-order valence-corrected chi connectivity index (χ0v) is 19.3. The molecule has 2 aromatic carbocycles. The summed E-state index contributed by atoms with van der Waals surface area (Å²) < 4.78 is 65.6. The van der Waals surface area contributed by atoms with Crippen LogP contribution in [0, 0.1) is 0 Å². The predicted octanol–water partition coefficient (Wildman–Crippen LogP) is 5.05. The zero-order chi connectivity index (χ0) is 24.2. The first-order valence-electron chi connectivity index (χ1n) is 11.2. The number of halogens is 2. The van der Waals surface area contributed by atoms with Gasteiger partial charge in [0.05, 0.1) is 10.6 Å². The lowest BCUT2D eigenvalue weighted by Gasteiger charge is -2.33. The Labute approximate surface area is 200 Å². The summed E-state index contributed by atoms with van der Waals surface area (Å²) in [5, 5.41) is 1.03. The molecule has 4 heterocycles. The molecule has 1 saturated heterocycles. The van der Waals surface area contributed by atoms with Gasteiger partial charge in [-0.3, -0.25) is 0 Å². The molecule has 2 aliphatic heterocycles. The van der Waals surface area contributed by atoms with Crippen molar-refractivity contribution >= 4 is 21.1 Å². The first kappa shape index (κ1) is 22.0. The highest BCUT2D eigenvalue weighted by Crippen LogP contribution is 2.43. The lowest BCUT2D eigenvalue weighted by Crippen LogP contribution is -2.39. The Hall–Kier alpha value is -3.50. The molecule has 0 amide bonds. The molecule has 0 unspecified atom stereocenters. The lowest BCUT2D eigenvalue weighted by molar-refractivity contribution is -0.286. The fourth-order valence-corrected chi connectivity index (χ4v) is 6.32. The number of ether oxygens (including phenoxy) is 2. The van der Waals surface area contributed by atoms with E-state index in [0.29, 0.717) is 25.9 Å². The Balaban J connectivity index is 1.27. The third-order valence-corrected chi connectivity index (χ3v) is 8.36. The highest BCUT2D eigenvalue weighted by Gasteiger charge is 2.44. The number of sulfonamides is 1. The molecule has 4 aromatic rings. The van der Waals surface area contributed by atoms with E-state index in [1.165, 1.54) is 16.4 Å². The molecule has 10 heteroatoms. The summed E-state index contributed by atoms with van der Waals surface area (Å²) in [5.41, 5.74) is 2.97. The van der Waals surface area contributed by atoms with Crippen LogP contribution in [0.4, 0.5) is 8.78 Å². The van der Waals surface area contributed by atoms with Crippen LogP contribution in [-0.2, 0) is 10.0 Å². The van der Waals surface area contributed by atoms with Gasteiger partial charge in [0.1, 0.15) is 5.65 Å². The second-order valence-corrected chi connectivity index (χ2v) is 10.5. The molecule has 0 saturated carbocycles. The summed E-state index contributed by atoms with van der Waals surface area (Å²) in [4.78, 5) is 4.50. The van der Waals surface area contributed by atoms with Gasteiger partial charge in [-0.1, -0.05) is 30.3 Å². The quantitative estimate of drug-likeness (QED) is 0.395. The highest BCUT2D eigenvalue weighted by atomic mass is 32.2. The van der Waals surface area contributed by atoms with E-state index in [9.17, 15) is 17.2 Å². The smallest absolute Gasteiger partial charge is 0.395 e. The second kappa shape index (κ2) is 8.03. The minimum atomic E-state index is -3.89. The fourth-order valence-electron chi connectivity index (χ4n) is 4.83. The maximum Gasteiger partial charge on any atom is 0.586 e. The van der Waals surface area contributed by atoms with Crippen LogP contribution in [0.15, 0.2) is 77.8 Å². The van der Waals surface area contributed by atoms with Crippen molar-refractivity contribution in [3.8, 4) is 22.8 Å². The fraction of sp³-hybridized carbons (Fsp3) is 0.240. The van der Waals surface area contributed by atoms with Crippen LogP contribution >= 0.6 is 0 Å². The minimum absolute atomic E-state index is 0.0551. The summed E-state index contributed by atoms with van der Waals surface area (Å²) in [5.74, 6) is -0.476. The number of fused-ring (bicyclic) bond motifs is 2. The van der Waals surface area contributed by atoms with Crippen molar-refractivity contribution in [1.82, 2.24) is 13.9 Å². The van der Waals surface area contributed by atoms with E-state index in [0.717, 1.165) is 28.4 Å². The second-order valence-electron chi connectivity index (χ2n) is 8.59. The van der Waals surface area contributed by atoms with Gasteiger partial charge in [-0.2, -0.15) is 4.31 Å². The average Bonchev–Trinajstić information content (AvgIpc) is 3.40. The number of rotatable bonds is 4. The van der Waals surface area contributed by atoms with Gasteiger partial charge >= 0.3 is 6.29 Å². The monoisotopic (exact) mass is 497 g/mol. The van der Waals surface area contributed by atoms with E-state index in [1.807, 2.05) is 42.5 Å². The molecule has 2 aliphatic rings. The number of pyridine rings is 1. The molecule has 6 rings (SSSR count). The molecule has 0 radical (unpaired) electrons. The number of aromatic nitrogens is 2. The maximum atomic E-state index is 13.4. The van der Waals surface area contributed by atoms with Crippen LogP contribution in [-0.4, -0.2) is 41.7 Å². The number of hydrogen-bond acceptors (Lipinski definition) is 5. The molecule has 0 aliphatic carbocycles. The average molecular weight is 498 g/mol. The normalized spacial score (nSPS) is 18.2. The van der Waals surface area contributed by atoms with Crippen molar-refractivity contribution in [2.45, 2.75) is 30.1 Å². The largest absolute Gasteiger partial charge is 0.586 e. The molecule has 0 atom stereocenters. The van der Waals surface area contributed by atoms with Crippen molar-refractivity contribution < 1.29 is 26.7 Å². The van der Waals surface area contributed by atoms with Gasteiger partial charge in [0.25, 0.3) is 0 Å². The SMILES string of the molecule is O=S(=O)(c1ccc2c(c1)OC(F)(F)O2)N1CCC(n2c(-c3ccccc3)cc3cccnc32)CC1. The molecular weight excluding hydrogens is 476 g/mol. The van der Waals surface area contributed by atoms with E-state index in [4.69, 9.17) is 0 Å². The first-order chi connectivity index (χ1) is 16.8. The van der Waals surface area contributed by atoms with Gasteiger partial charge in [-0.15, -0.1) is 8.78 Å². The van der Waals surface area contributed by atoms with Crippen molar-refractivity contribution in [2.24, 2.45) is 0 Å². The number of nitrogens with zero attached hydrogens (tertiary/aromatic N) is 3. The Bertz CT molecular complexity index is 1510. The van der Waals surface area contributed by atoms with E-state index in [2.05, 4.69) is 25.1 Å². The standard InChI is InChI=1S/C25H21F2N3O4S/c26-25(27)33-22-9-8-20(16-23(22)34-25)35(31,32)29-13-10-19(11-14-29)30-21(17-5-2-1-3-6-17)15-18-7-4-12-28-24(18)30/h1-9,12,15-16,19H,10-11,13-14H2. The third kappa shape index (κ3) is 3.82.